The van der Waals surface area contributed by atoms with Crippen molar-refractivity contribution in [1.29, 1.82) is 0 Å². The molecule has 1 spiro atoms. The minimum absolute atomic E-state index is 0.232. The summed E-state index contributed by atoms with van der Waals surface area (Å²) in [5.74, 6) is 0.232. The van der Waals surface area contributed by atoms with Gasteiger partial charge in [-0.3, -0.25) is 9.69 Å². The van der Waals surface area contributed by atoms with Crippen molar-refractivity contribution in [2.24, 2.45) is 5.41 Å². The molecule has 0 radical (unpaired) electrons. The summed E-state index contributed by atoms with van der Waals surface area (Å²) in [6, 6.07) is 6.65. The molecule has 0 aliphatic carbocycles. The zero-order chi connectivity index (χ0) is 15.2. The van der Waals surface area contributed by atoms with Gasteiger partial charge in [0.25, 0.3) is 0 Å². The summed E-state index contributed by atoms with van der Waals surface area (Å²) in [4.78, 5) is 16.2. The summed E-state index contributed by atoms with van der Waals surface area (Å²) in [6.07, 6.45) is 4.20. The van der Waals surface area contributed by atoms with Crippen molar-refractivity contribution >= 4 is 11.6 Å². The molecule has 0 saturated carbocycles. The highest BCUT2D eigenvalue weighted by Crippen LogP contribution is 2.37. The van der Waals surface area contributed by atoms with E-state index in [-0.39, 0.29) is 5.91 Å². The normalized spacial score (nSPS) is 28.6. The molecule has 3 aliphatic rings. The van der Waals surface area contributed by atoms with Crippen molar-refractivity contribution < 1.29 is 4.79 Å². The number of hydrogen-bond donors (Lipinski definition) is 1. The zero-order valence-corrected chi connectivity index (χ0v) is 13.4. The van der Waals surface area contributed by atoms with Gasteiger partial charge in [0.2, 0.25) is 5.91 Å². The van der Waals surface area contributed by atoms with Gasteiger partial charge in [0.15, 0.2) is 0 Å². The molecule has 4 rings (SSSR count). The maximum Gasteiger partial charge on any atom is 0.227 e. The number of carbonyl (C=O) groups excluding carboxylic acids is 1. The Morgan fingerprint density at radius 2 is 2.18 bits per heavy atom. The molecule has 1 amide bonds. The van der Waals surface area contributed by atoms with Gasteiger partial charge >= 0.3 is 0 Å². The molecule has 0 bridgehead atoms. The van der Waals surface area contributed by atoms with Crippen LogP contribution in [0.3, 0.4) is 0 Å². The second-order valence-corrected chi connectivity index (χ2v) is 7.30. The Hall–Kier alpha value is -1.39. The van der Waals surface area contributed by atoms with Crippen LogP contribution in [-0.4, -0.2) is 44.0 Å². The number of rotatable bonds is 2. The van der Waals surface area contributed by atoms with Gasteiger partial charge in [-0.1, -0.05) is 12.1 Å². The number of aryl methyl sites for hydroxylation is 1. The quantitative estimate of drug-likeness (QED) is 0.904. The van der Waals surface area contributed by atoms with Crippen LogP contribution < -0.4 is 10.2 Å². The van der Waals surface area contributed by atoms with Gasteiger partial charge in [-0.25, -0.2) is 0 Å². The number of amides is 1. The Labute approximate surface area is 132 Å². The average molecular weight is 299 g/mol. The van der Waals surface area contributed by atoms with Gasteiger partial charge in [0.1, 0.15) is 0 Å². The number of nitrogens with zero attached hydrogens (tertiary/aromatic N) is 2. The number of fused-ring (bicyclic) bond motifs is 1. The van der Waals surface area contributed by atoms with E-state index in [4.69, 9.17) is 0 Å². The van der Waals surface area contributed by atoms with Crippen LogP contribution in [-0.2, 0) is 17.8 Å². The van der Waals surface area contributed by atoms with Gasteiger partial charge in [-0.15, -0.1) is 0 Å². The molecule has 22 heavy (non-hydrogen) atoms. The predicted octanol–water partition coefficient (Wildman–Crippen LogP) is 1.78. The number of benzene rings is 1. The molecule has 4 heteroatoms. The summed E-state index contributed by atoms with van der Waals surface area (Å²) in [6.45, 7) is 5.88. The molecule has 0 aromatic heterocycles. The Morgan fingerprint density at radius 3 is 3.00 bits per heavy atom. The van der Waals surface area contributed by atoms with E-state index >= 15 is 0 Å². The maximum atomic E-state index is 11.8. The molecule has 3 heterocycles. The van der Waals surface area contributed by atoms with Gasteiger partial charge in [0.05, 0.1) is 0 Å². The number of hydrogen-bond acceptors (Lipinski definition) is 3. The number of likely N-dealkylation sites (tertiary alicyclic amines) is 1. The lowest BCUT2D eigenvalue weighted by Crippen LogP contribution is -2.31. The predicted molar refractivity (Wildman–Crippen MR) is 88.0 cm³/mol. The molecule has 4 nitrogen and oxygen atoms in total. The summed E-state index contributed by atoms with van der Waals surface area (Å²) in [5.41, 5.74) is 4.36. The molecule has 1 aromatic rings. The fourth-order valence-electron chi connectivity index (χ4n) is 4.37. The molecule has 1 aromatic carbocycles. The topological polar surface area (TPSA) is 35.6 Å². The Morgan fingerprint density at radius 1 is 1.27 bits per heavy atom. The second kappa shape index (κ2) is 5.36. The van der Waals surface area contributed by atoms with Crippen molar-refractivity contribution in [2.75, 3.05) is 38.1 Å². The van der Waals surface area contributed by atoms with E-state index in [1.54, 1.807) is 4.90 Å². The first-order chi connectivity index (χ1) is 10.7. The van der Waals surface area contributed by atoms with Crippen molar-refractivity contribution in [2.45, 2.75) is 32.2 Å². The highest BCUT2D eigenvalue weighted by molar-refractivity contribution is 5.95. The minimum Gasteiger partial charge on any atom is -0.316 e. The van der Waals surface area contributed by atoms with E-state index in [2.05, 4.69) is 28.4 Å². The summed E-state index contributed by atoms with van der Waals surface area (Å²) < 4.78 is 0. The monoisotopic (exact) mass is 299 g/mol. The highest BCUT2D eigenvalue weighted by atomic mass is 16.2. The summed E-state index contributed by atoms with van der Waals surface area (Å²) in [7, 11) is 1.89. The largest absolute Gasteiger partial charge is 0.316 e. The average Bonchev–Trinajstić information content (AvgIpc) is 3.14. The van der Waals surface area contributed by atoms with E-state index in [1.807, 2.05) is 7.05 Å². The highest BCUT2D eigenvalue weighted by Gasteiger charge is 2.40. The van der Waals surface area contributed by atoms with E-state index < -0.39 is 0 Å². The fourth-order valence-corrected chi connectivity index (χ4v) is 4.37. The van der Waals surface area contributed by atoms with Gasteiger partial charge < -0.3 is 10.2 Å². The maximum absolute atomic E-state index is 11.8. The third-order valence-electron chi connectivity index (χ3n) is 5.74. The molecule has 1 N–H and O–H groups in total. The Bertz CT molecular complexity index is 592. The SMILES string of the molecule is CN1C(=O)CCc2cc(CN3CCC4(CCNC4)C3)ccc21. The molecule has 2 fully saturated rings. The van der Waals surface area contributed by atoms with Crippen molar-refractivity contribution in [1.82, 2.24) is 10.2 Å². The van der Waals surface area contributed by atoms with E-state index in [1.165, 1.54) is 50.1 Å². The van der Waals surface area contributed by atoms with Crippen LogP contribution >= 0.6 is 0 Å². The zero-order valence-electron chi connectivity index (χ0n) is 13.4. The molecule has 1 unspecified atom stereocenters. The lowest BCUT2D eigenvalue weighted by Gasteiger charge is -2.27. The van der Waals surface area contributed by atoms with Gasteiger partial charge in [0, 0.05) is 38.8 Å². The Kier molecular flexibility index (Phi) is 3.46. The lowest BCUT2D eigenvalue weighted by molar-refractivity contribution is -0.118. The van der Waals surface area contributed by atoms with Crippen LogP contribution in [0, 0.1) is 5.41 Å². The minimum atomic E-state index is 0.232. The molecular weight excluding hydrogens is 274 g/mol. The molecule has 118 valence electrons. The number of nitrogens with one attached hydrogen (secondary N) is 1. The van der Waals surface area contributed by atoms with E-state index in [0.29, 0.717) is 11.8 Å². The lowest BCUT2D eigenvalue weighted by atomic mass is 9.86. The van der Waals surface area contributed by atoms with Crippen LogP contribution in [0.4, 0.5) is 5.69 Å². The van der Waals surface area contributed by atoms with Gasteiger partial charge in [-0.05, 0) is 55.0 Å². The van der Waals surface area contributed by atoms with E-state index in [9.17, 15) is 4.79 Å². The van der Waals surface area contributed by atoms with Crippen LogP contribution in [0.1, 0.15) is 30.4 Å². The van der Waals surface area contributed by atoms with Crippen LogP contribution in [0.25, 0.3) is 0 Å². The van der Waals surface area contributed by atoms with Crippen LogP contribution in [0.15, 0.2) is 18.2 Å². The van der Waals surface area contributed by atoms with Crippen molar-refractivity contribution in [3.8, 4) is 0 Å². The first kappa shape index (κ1) is 14.2. The van der Waals surface area contributed by atoms with Crippen LogP contribution in [0.2, 0.25) is 0 Å². The third-order valence-corrected chi connectivity index (χ3v) is 5.74. The fraction of sp³-hybridized carbons (Fsp3) is 0.611. The standard InChI is InChI=1S/C18H25N3O/c1-20-16-4-2-14(10-15(16)3-5-17(20)22)11-21-9-7-18(13-21)6-8-19-12-18/h2,4,10,19H,3,5-9,11-13H2,1H3. The van der Waals surface area contributed by atoms with Crippen molar-refractivity contribution in [3.05, 3.63) is 29.3 Å². The smallest absolute Gasteiger partial charge is 0.227 e. The number of carbonyl (C=O) groups is 1. The first-order valence-electron chi connectivity index (χ1n) is 8.47. The van der Waals surface area contributed by atoms with E-state index in [0.717, 1.165) is 18.7 Å². The van der Waals surface area contributed by atoms with Crippen LogP contribution in [0.5, 0.6) is 0 Å². The Balaban J connectivity index is 1.47. The second-order valence-electron chi connectivity index (χ2n) is 7.30. The first-order valence-corrected chi connectivity index (χ1v) is 8.47. The summed E-state index contributed by atoms with van der Waals surface area (Å²) >= 11 is 0. The third kappa shape index (κ3) is 2.44. The van der Waals surface area contributed by atoms with Gasteiger partial charge in [-0.2, -0.15) is 0 Å². The molecule has 1 atom stereocenters. The van der Waals surface area contributed by atoms with Crippen molar-refractivity contribution in [3.63, 3.8) is 0 Å². The molecule has 2 saturated heterocycles. The molecular formula is C18H25N3O. The summed E-state index contributed by atoms with van der Waals surface area (Å²) in [5, 5.41) is 3.53. The number of anilines is 1. The molecule has 3 aliphatic heterocycles.